The van der Waals surface area contributed by atoms with Crippen LogP contribution in [0.1, 0.15) is 0 Å². The second kappa shape index (κ2) is 10.0. The molecule has 4 aromatic carbocycles. The van der Waals surface area contributed by atoms with Gasteiger partial charge in [-0.1, -0.05) is 60.7 Å². The van der Waals surface area contributed by atoms with E-state index in [2.05, 4.69) is 65.1 Å². The molecular formula is C28H24N12. The summed E-state index contributed by atoms with van der Waals surface area (Å²) >= 11 is 0. The molecule has 2 heterocycles. The van der Waals surface area contributed by atoms with E-state index in [-0.39, 0.29) is 23.3 Å². The number of fused-ring (bicyclic) bond motifs is 1. The molecule has 0 fully saturated rings. The van der Waals surface area contributed by atoms with Crippen LogP contribution in [0.15, 0.2) is 105 Å². The van der Waals surface area contributed by atoms with Gasteiger partial charge in [-0.25, -0.2) is 0 Å². The third-order valence-corrected chi connectivity index (χ3v) is 6.36. The predicted molar refractivity (Wildman–Crippen MR) is 158 cm³/mol. The zero-order valence-corrected chi connectivity index (χ0v) is 21.1. The molecule has 6 aromatic rings. The summed E-state index contributed by atoms with van der Waals surface area (Å²) in [7, 11) is 0. The first-order valence-corrected chi connectivity index (χ1v) is 12.2. The summed E-state index contributed by atoms with van der Waals surface area (Å²) in [5, 5.41) is 32.1. The zero-order chi connectivity index (χ0) is 27.6. The van der Waals surface area contributed by atoms with Gasteiger partial charge in [-0.05, 0) is 57.3 Å². The van der Waals surface area contributed by atoms with E-state index < -0.39 is 0 Å². The topological polar surface area (TPSA) is 211 Å². The van der Waals surface area contributed by atoms with Gasteiger partial charge in [0.05, 0.1) is 11.4 Å². The van der Waals surface area contributed by atoms with Gasteiger partial charge >= 0.3 is 0 Å². The predicted octanol–water partition coefficient (Wildman–Crippen LogP) is 6.78. The first-order valence-electron chi connectivity index (χ1n) is 12.2. The van der Waals surface area contributed by atoms with Gasteiger partial charge in [-0.15, -0.1) is 10.2 Å². The highest BCUT2D eigenvalue weighted by atomic mass is 15.3. The molecule has 0 saturated heterocycles. The number of nitrogen functional groups attached to an aromatic ring is 4. The van der Waals surface area contributed by atoms with Crippen LogP contribution in [0.3, 0.4) is 0 Å². The number of nitrogens with one attached hydrogen (secondary N) is 2. The molecular weight excluding hydrogens is 504 g/mol. The first-order chi connectivity index (χ1) is 19.5. The third kappa shape index (κ3) is 4.56. The van der Waals surface area contributed by atoms with E-state index in [1.165, 1.54) is 0 Å². The molecule has 0 aliphatic heterocycles. The van der Waals surface area contributed by atoms with Gasteiger partial charge in [0.2, 0.25) is 0 Å². The Bertz CT molecular complexity index is 1740. The number of nitrogens with zero attached hydrogens (tertiary/aromatic N) is 6. The number of benzene rings is 4. The van der Waals surface area contributed by atoms with Crippen molar-refractivity contribution in [1.82, 2.24) is 20.4 Å². The van der Waals surface area contributed by atoms with Crippen molar-refractivity contribution < 1.29 is 0 Å². The summed E-state index contributed by atoms with van der Waals surface area (Å²) in [6.45, 7) is 0. The molecule has 2 aromatic heterocycles. The van der Waals surface area contributed by atoms with Gasteiger partial charge in [0.25, 0.3) is 0 Å². The fraction of sp³-hybridized carbons (Fsp3) is 0. The minimum atomic E-state index is 0.194. The number of hydrogen-bond donors (Lipinski definition) is 6. The molecule has 0 bridgehead atoms. The number of H-pyrrole nitrogens is 2. The van der Waals surface area contributed by atoms with Gasteiger partial charge in [0.15, 0.2) is 23.0 Å². The zero-order valence-electron chi connectivity index (χ0n) is 21.1. The minimum Gasteiger partial charge on any atom is -0.382 e. The second-order valence-corrected chi connectivity index (χ2v) is 8.95. The number of hydrogen-bond acceptors (Lipinski definition) is 10. The van der Waals surface area contributed by atoms with Crippen LogP contribution in [-0.4, -0.2) is 20.4 Å². The molecule has 0 saturated carbocycles. The van der Waals surface area contributed by atoms with E-state index in [1.807, 2.05) is 60.7 Å². The monoisotopic (exact) mass is 528 g/mol. The number of anilines is 4. The van der Waals surface area contributed by atoms with E-state index in [9.17, 15) is 0 Å². The Hall–Kier alpha value is -6.04. The summed E-state index contributed by atoms with van der Waals surface area (Å²) < 4.78 is 0. The summed E-state index contributed by atoms with van der Waals surface area (Å²) in [5.74, 6) is 0.914. The smallest absolute Gasteiger partial charge is 0.175 e. The SMILES string of the molecule is Nc1n[nH]c(N)c1/N=N/c1cccc(-c2cccc3c(-c4cccc(/N=N/c5c(N)n[nH]c5N)c4)cccc23)c1. The van der Waals surface area contributed by atoms with Crippen molar-refractivity contribution in [2.45, 2.75) is 0 Å². The molecule has 0 spiro atoms. The highest BCUT2D eigenvalue weighted by Gasteiger charge is 2.11. The van der Waals surface area contributed by atoms with E-state index in [0.717, 1.165) is 33.0 Å². The van der Waals surface area contributed by atoms with Crippen LogP contribution >= 0.6 is 0 Å². The molecule has 0 unspecified atom stereocenters. The Balaban J connectivity index is 1.36. The lowest BCUT2D eigenvalue weighted by molar-refractivity contribution is 1.11. The first kappa shape index (κ1) is 24.3. The van der Waals surface area contributed by atoms with Crippen LogP contribution in [0.5, 0.6) is 0 Å². The highest BCUT2D eigenvalue weighted by Crippen LogP contribution is 2.37. The quantitative estimate of drug-likeness (QED) is 0.128. The van der Waals surface area contributed by atoms with Gasteiger partial charge in [0.1, 0.15) is 11.6 Å². The number of rotatable bonds is 6. The molecule has 6 rings (SSSR count). The Labute approximate surface area is 227 Å². The molecule has 0 amide bonds. The summed E-state index contributed by atoms with van der Waals surface area (Å²) in [5.41, 5.74) is 29.3. The summed E-state index contributed by atoms with van der Waals surface area (Å²) in [4.78, 5) is 0. The van der Waals surface area contributed by atoms with Crippen molar-refractivity contribution in [2.75, 3.05) is 22.9 Å². The van der Waals surface area contributed by atoms with Crippen LogP contribution in [0.2, 0.25) is 0 Å². The molecule has 12 nitrogen and oxygen atoms in total. The maximum atomic E-state index is 5.83. The largest absolute Gasteiger partial charge is 0.382 e. The molecule has 12 heteroatoms. The van der Waals surface area contributed by atoms with Gasteiger partial charge in [-0.2, -0.15) is 20.4 Å². The highest BCUT2D eigenvalue weighted by molar-refractivity contribution is 6.04. The summed E-state index contributed by atoms with van der Waals surface area (Å²) in [6, 6.07) is 28.0. The van der Waals surface area contributed by atoms with E-state index >= 15 is 0 Å². The van der Waals surface area contributed by atoms with Crippen LogP contribution in [-0.2, 0) is 0 Å². The number of aromatic nitrogens is 4. The number of nitrogens with two attached hydrogens (primary N) is 4. The normalized spacial score (nSPS) is 11.7. The van der Waals surface area contributed by atoms with Gasteiger partial charge < -0.3 is 22.9 Å². The Kier molecular flexibility index (Phi) is 6.09. The lowest BCUT2D eigenvalue weighted by Crippen LogP contribution is -1.86. The van der Waals surface area contributed by atoms with Crippen LogP contribution < -0.4 is 22.9 Å². The van der Waals surface area contributed by atoms with Gasteiger partial charge in [-0.3, -0.25) is 10.2 Å². The van der Waals surface area contributed by atoms with Crippen LogP contribution in [0, 0.1) is 0 Å². The van der Waals surface area contributed by atoms with Crippen LogP contribution in [0.4, 0.5) is 46.0 Å². The fourth-order valence-corrected chi connectivity index (χ4v) is 4.44. The fourth-order valence-electron chi connectivity index (χ4n) is 4.44. The van der Waals surface area contributed by atoms with Crippen molar-refractivity contribution in [1.29, 1.82) is 0 Å². The Morgan fingerprint density at radius 2 is 0.925 bits per heavy atom. The average molecular weight is 529 g/mol. The molecule has 10 N–H and O–H groups in total. The van der Waals surface area contributed by atoms with E-state index in [1.54, 1.807) is 0 Å². The number of azo groups is 2. The number of aromatic amines is 2. The molecule has 0 aliphatic rings. The average Bonchev–Trinajstić information content (AvgIpc) is 3.48. The molecule has 0 aliphatic carbocycles. The molecule has 40 heavy (non-hydrogen) atoms. The maximum absolute atomic E-state index is 5.83. The van der Waals surface area contributed by atoms with Crippen molar-refractivity contribution in [2.24, 2.45) is 20.5 Å². The lowest BCUT2D eigenvalue weighted by atomic mass is 9.93. The van der Waals surface area contributed by atoms with Crippen LogP contribution in [0.25, 0.3) is 33.0 Å². The van der Waals surface area contributed by atoms with E-state index in [4.69, 9.17) is 22.9 Å². The maximum Gasteiger partial charge on any atom is 0.175 e. The van der Waals surface area contributed by atoms with Crippen molar-refractivity contribution in [3.8, 4) is 22.3 Å². The van der Waals surface area contributed by atoms with E-state index in [0.29, 0.717) is 22.7 Å². The molecule has 0 atom stereocenters. The van der Waals surface area contributed by atoms with Crippen molar-refractivity contribution in [3.63, 3.8) is 0 Å². The van der Waals surface area contributed by atoms with Gasteiger partial charge in [0, 0.05) is 0 Å². The van der Waals surface area contributed by atoms with Crippen molar-refractivity contribution in [3.05, 3.63) is 84.9 Å². The third-order valence-electron chi connectivity index (χ3n) is 6.36. The molecule has 196 valence electrons. The lowest BCUT2D eigenvalue weighted by Gasteiger charge is -2.12. The minimum absolute atomic E-state index is 0.194. The summed E-state index contributed by atoms with van der Waals surface area (Å²) in [6.07, 6.45) is 0. The molecule has 0 radical (unpaired) electrons. The van der Waals surface area contributed by atoms with Crippen molar-refractivity contribution >= 4 is 56.8 Å². The Morgan fingerprint density at radius 1 is 0.500 bits per heavy atom. The standard InChI is InChI=1S/C28H24N12/c29-25-23(26(30)38-37-25)35-33-17-7-1-5-15(13-17)19-9-3-12-22-20(10-4-11-21(19)22)16-6-2-8-18(14-16)34-36-24-27(31)39-40-28(24)32/h1-14H,(H5,29,30,37,38)(H5,31,32,39,40)/b35-33+,36-34+. The second-order valence-electron chi connectivity index (χ2n) is 8.95. The Morgan fingerprint density at radius 3 is 1.32 bits per heavy atom.